The first kappa shape index (κ1) is 12.9. The van der Waals surface area contributed by atoms with Crippen LogP contribution in [0.5, 0.6) is 0 Å². The summed E-state index contributed by atoms with van der Waals surface area (Å²) in [5.41, 5.74) is 3.19. The Bertz CT molecular complexity index is 280. The molecule has 0 spiro atoms. The van der Waals surface area contributed by atoms with Crippen molar-refractivity contribution >= 4 is 0 Å². The second kappa shape index (κ2) is 5.45. The van der Waals surface area contributed by atoms with Crippen LogP contribution in [0.2, 0.25) is 0 Å². The van der Waals surface area contributed by atoms with Crippen LogP contribution in [0.1, 0.15) is 52.4 Å². The molecule has 104 valence electrons. The van der Waals surface area contributed by atoms with E-state index in [1.54, 1.807) is 0 Å². The van der Waals surface area contributed by atoms with Crippen LogP contribution >= 0.6 is 0 Å². The van der Waals surface area contributed by atoms with E-state index in [9.17, 15) is 0 Å². The topological polar surface area (TPSA) is 45.3 Å². The van der Waals surface area contributed by atoms with E-state index < -0.39 is 0 Å². The van der Waals surface area contributed by atoms with Gasteiger partial charge < -0.3 is 5.32 Å². The number of hydrogen-bond acceptors (Lipinski definition) is 4. The maximum absolute atomic E-state index is 5.77. The van der Waals surface area contributed by atoms with Gasteiger partial charge in [0.2, 0.25) is 0 Å². The molecule has 18 heavy (non-hydrogen) atoms. The largest absolute Gasteiger partial charge is 0.312 e. The zero-order chi connectivity index (χ0) is 12.5. The van der Waals surface area contributed by atoms with E-state index in [1.165, 1.54) is 38.5 Å². The molecule has 0 bridgehead atoms. The third-order valence-corrected chi connectivity index (χ3v) is 4.47. The van der Waals surface area contributed by atoms with E-state index in [0.717, 1.165) is 5.92 Å². The smallest absolute Gasteiger partial charge is 0.133 e. The Kier molecular flexibility index (Phi) is 3.89. The SMILES string of the molecule is CC(C)NC1CCCC(C2NC(C3CC3)NO2)C1. The van der Waals surface area contributed by atoms with Gasteiger partial charge in [0.15, 0.2) is 0 Å². The quantitative estimate of drug-likeness (QED) is 0.714. The molecule has 2 saturated carbocycles. The van der Waals surface area contributed by atoms with E-state index in [0.29, 0.717) is 24.2 Å². The maximum Gasteiger partial charge on any atom is 0.133 e. The van der Waals surface area contributed by atoms with Crippen molar-refractivity contribution in [2.45, 2.75) is 76.8 Å². The van der Waals surface area contributed by atoms with Crippen LogP contribution in [0.3, 0.4) is 0 Å². The third kappa shape index (κ3) is 3.05. The van der Waals surface area contributed by atoms with Crippen LogP contribution < -0.4 is 16.1 Å². The molecule has 1 heterocycles. The van der Waals surface area contributed by atoms with Crippen LogP contribution in [-0.4, -0.2) is 24.5 Å². The first-order valence-corrected chi connectivity index (χ1v) is 7.65. The Morgan fingerprint density at radius 1 is 1.11 bits per heavy atom. The average Bonchev–Trinajstić information content (AvgIpc) is 3.07. The van der Waals surface area contributed by atoms with Crippen molar-refractivity contribution in [1.82, 2.24) is 16.1 Å². The first-order valence-electron chi connectivity index (χ1n) is 7.65. The lowest BCUT2D eigenvalue weighted by atomic mass is 9.84. The highest BCUT2D eigenvalue weighted by atomic mass is 16.7. The van der Waals surface area contributed by atoms with Crippen molar-refractivity contribution in [3.8, 4) is 0 Å². The minimum absolute atomic E-state index is 0.229. The summed E-state index contributed by atoms with van der Waals surface area (Å²) in [5, 5.41) is 7.31. The second-order valence-electron chi connectivity index (χ2n) is 6.58. The predicted molar refractivity (Wildman–Crippen MR) is 71.7 cm³/mol. The Morgan fingerprint density at radius 2 is 1.94 bits per heavy atom. The molecule has 4 heteroatoms. The molecule has 0 aromatic heterocycles. The van der Waals surface area contributed by atoms with Crippen LogP contribution in [0, 0.1) is 11.8 Å². The molecular formula is C14H27N3O. The molecular weight excluding hydrogens is 226 g/mol. The molecule has 0 radical (unpaired) electrons. The molecule has 3 fully saturated rings. The van der Waals surface area contributed by atoms with Gasteiger partial charge in [0, 0.05) is 18.0 Å². The lowest BCUT2D eigenvalue weighted by Crippen LogP contribution is -2.44. The molecule has 0 aromatic carbocycles. The molecule has 4 atom stereocenters. The van der Waals surface area contributed by atoms with Gasteiger partial charge in [0.1, 0.15) is 6.23 Å². The highest BCUT2D eigenvalue weighted by Gasteiger charge is 2.40. The fourth-order valence-electron chi connectivity index (χ4n) is 3.41. The van der Waals surface area contributed by atoms with Gasteiger partial charge in [-0.05, 0) is 38.0 Å². The molecule has 4 unspecified atom stereocenters. The molecule has 0 amide bonds. The number of rotatable bonds is 4. The highest BCUT2D eigenvalue weighted by Crippen LogP contribution is 2.35. The van der Waals surface area contributed by atoms with Gasteiger partial charge in [0.25, 0.3) is 0 Å². The Labute approximate surface area is 110 Å². The van der Waals surface area contributed by atoms with Crippen molar-refractivity contribution < 1.29 is 4.84 Å². The molecule has 0 aromatic rings. The van der Waals surface area contributed by atoms with E-state index >= 15 is 0 Å². The number of hydroxylamine groups is 1. The Balaban J connectivity index is 1.49. The molecule has 3 aliphatic rings. The van der Waals surface area contributed by atoms with Crippen molar-refractivity contribution in [3.63, 3.8) is 0 Å². The van der Waals surface area contributed by atoms with E-state index in [4.69, 9.17) is 4.84 Å². The molecule has 1 aliphatic heterocycles. The lowest BCUT2D eigenvalue weighted by Gasteiger charge is -2.33. The maximum atomic E-state index is 5.77. The average molecular weight is 253 g/mol. The standard InChI is InChI=1S/C14H27N3O/c1-9(2)15-12-5-3-4-11(8-12)14-16-13(17-18-14)10-6-7-10/h9-17H,3-8H2,1-2H3. The summed E-state index contributed by atoms with van der Waals surface area (Å²) in [6.07, 6.45) is 8.53. The van der Waals surface area contributed by atoms with Crippen molar-refractivity contribution in [2.75, 3.05) is 0 Å². The fourth-order valence-corrected chi connectivity index (χ4v) is 3.41. The lowest BCUT2D eigenvalue weighted by molar-refractivity contribution is -0.0243. The van der Waals surface area contributed by atoms with Gasteiger partial charge in [-0.1, -0.05) is 20.3 Å². The van der Waals surface area contributed by atoms with Gasteiger partial charge >= 0.3 is 0 Å². The third-order valence-electron chi connectivity index (χ3n) is 4.47. The van der Waals surface area contributed by atoms with E-state index in [2.05, 4.69) is 30.0 Å². The highest BCUT2D eigenvalue weighted by molar-refractivity contribution is 4.90. The number of nitrogens with one attached hydrogen (secondary N) is 3. The van der Waals surface area contributed by atoms with Crippen LogP contribution in [0.25, 0.3) is 0 Å². The summed E-state index contributed by atoms with van der Waals surface area (Å²) < 4.78 is 0. The van der Waals surface area contributed by atoms with Crippen LogP contribution in [-0.2, 0) is 4.84 Å². The minimum Gasteiger partial charge on any atom is -0.312 e. The molecule has 4 nitrogen and oxygen atoms in total. The van der Waals surface area contributed by atoms with Gasteiger partial charge in [-0.2, -0.15) is 5.48 Å². The number of hydrogen-bond donors (Lipinski definition) is 3. The fraction of sp³-hybridized carbons (Fsp3) is 1.00. The van der Waals surface area contributed by atoms with E-state index in [-0.39, 0.29) is 6.23 Å². The summed E-state index contributed by atoms with van der Waals surface area (Å²) in [6, 6.07) is 1.26. The summed E-state index contributed by atoms with van der Waals surface area (Å²) in [5.74, 6) is 1.47. The zero-order valence-corrected chi connectivity index (χ0v) is 11.6. The minimum atomic E-state index is 0.229. The predicted octanol–water partition coefficient (Wildman–Crippen LogP) is 1.73. The molecule has 1 saturated heterocycles. The molecule has 3 N–H and O–H groups in total. The van der Waals surface area contributed by atoms with E-state index in [1.807, 2.05) is 0 Å². The molecule has 2 aliphatic carbocycles. The summed E-state index contributed by atoms with van der Waals surface area (Å²) >= 11 is 0. The van der Waals surface area contributed by atoms with Crippen LogP contribution in [0.4, 0.5) is 0 Å². The summed E-state index contributed by atoms with van der Waals surface area (Å²) in [6.45, 7) is 4.47. The van der Waals surface area contributed by atoms with Gasteiger partial charge in [-0.15, -0.1) is 0 Å². The normalized spacial score (nSPS) is 41.5. The van der Waals surface area contributed by atoms with Gasteiger partial charge in [-0.25, -0.2) is 0 Å². The van der Waals surface area contributed by atoms with Gasteiger partial charge in [0.05, 0.1) is 6.17 Å². The first-order chi connectivity index (χ1) is 8.72. The monoisotopic (exact) mass is 253 g/mol. The Morgan fingerprint density at radius 3 is 2.67 bits per heavy atom. The Hall–Kier alpha value is -0.160. The zero-order valence-electron chi connectivity index (χ0n) is 11.6. The van der Waals surface area contributed by atoms with Gasteiger partial charge in [-0.3, -0.25) is 10.2 Å². The second-order valence-corrected chi connectivity index (χ2v) is 6.58. The summed E-state index contributed by atoms with van der Waals surface area (Å²) in [4.78, 5) is 5.77. The summed E-state index contributed by atoms with van der Waals surface area (Å²) in [7, 11) is 0. The van der Waals surface area contributed by atoms with Crippen LogP contribution in [0.15, 0.2) is 0 Å². The van der Waals surface area contributed by atoms with Crippen molar-refractivity contribution in [2.24, 2.45) is 11.8 Å². The van der Waals surface area contributed by atoms with Crippen molar-refractivity contribution in [1.29, 1.82) is 0 Å². The van der Waals surface area contributed by atoms with Crippen molar-refractivity contribution in [3.05, 3.63) is 0 Å². The molecule has 3 rings (SSSR count).